The predicted molar refractivity (Wildman–Crippen MR) is 116 cm³/mol. The predicted octanol–water partition coefficient (Wildman–Crippen LogP) is 1.59. The van der Waals surface area contributed by atoms with Crippen molar-refractivity contribution in [1.29, 1.82) is 0 Å². The van der Waals surface area contributed by atoms with Crippen molar-refractivity contribution in [2.75, 3.05) is 46.4 Å². The van der Waals surface area contributed by atoms with E-state index in [0.717, 1.165) is 75.2 Å². The Morgan fingerprint density at radius 1 is 1.29 bits per heavy atom. The number of pyridine rings is 1. The van der Waals surface area contributed by atoms with Gasteiger partial charge in [0.05, 0.1) is 25.3 Å². The summed E-state index contributed by atoms with van der Waals surface area (Å²) in [6.07, 6.45) is 1.98. The number of nitrogens with one attached hydrogen (secondary N) is 1. The smallest absolute Gasteiger partial charge is 0.256 e. The highest BCUT2D eigenvalue weighted by atomic mass is 32.1. The van der Waals surface area contributed by atoms with E-state index in [9.17, 15) is 4.79 Å². The molecule has 1 aromatic carbocycles. The molecule has 0 amide bonds. The zero-order chi connectivity index (χ0) is 19.5. The maximum atomic E-state index is 12.9. The summed E-state index contributed by atoms with van der Waals surface area (Å²) in [6.45, 7) is 6.89. The number of thiocarbonyl (C=S) groups is 1. The third-order valence-electron chi connectivity index (χ3n) is 5.66. The fourth-order valence-corrected chi connectivity index (χ4v) is 4.29. The van der Waals surface area contributed by atoms with Gasteiger partial charge in [-0.15, -0.1) is 0 Å². The van der Waals surface area contributed by atoms with Crippen molar-refractivity contribution in [1.82, 2.24) is 19.7 Å². The summed E-state index contributed by atoms with van der Waals surface area (Å²) < 4.78 is 7.30. The van der Waals surface area contributed by atoms with Crippen LogP contribution in [0.1, 0.15) is 17.5 Å². The van der Waals surface area contributed by atoms with E-state index < -0.39 is 0 Å². The van der Waals surface area contributed by atoms with Gasteiger partial charge in [0.15, 0.2) is 5.11 Å². The molecule has 1 aromatic heterocycles. The van der Waals surface area contributed by atoms with Gasteiger partial charge >= 0.3 is 0 Å². The Morgan fingerprint density at radius 2 is 2.11 bits per heavy atom. The topological polar surface area (TPSA) is 49.7 Å². The summed E-state index contributed by atoms with van der Waals surface area (Å²) in [5.41, 5.74) is 3.28. The first-order chi connectivity index (χ1) is 13.6. The highest BCUT2D eigenvalue weighted by Crippen LogP contribution is 2.24. The van der Waals surface area contributed by atoms with Gasteiger partial charge in [-0.05, 0) is 48.6 Å². The van der Waals surface area contributed by atoms with Gasteiger partial charge in [-0.25, -0.2) is 0 Å². The molecule has 3 heterocycles. The molecule has 7 heteroatoms. The lowest BCUT2D eigenvalue weighted by Crippen LogP contribution is -2.41. The number of hydrogen-bond acceptors (Lipinski definition) is 4. The van der Waals surface area contributed by atoms with Crippen molar-refractivity contribution < 1.29 is 4.74 Å². The van der Waals surface area contributed by atoms with E-state index in [2.05, 4.69) is 28.4 Å². The molecule has 0 aliphatic carbocycles. The summed E-state index contributed by atoms with van der Waals surface area (Å²) in [5, 5.41) is 5.16. The molecule has 1 N–H and O–H groups in total. The summed E-state index contributed by atoms with van der Waals surface area (Å²) in [4.78, 5) is 17.3. The van der Waals surface area contributed by atoms with Crippen molar-refractivity contribution in [2.45, 2.75) is 25.9 Å². The molecule has 2 aromatic rings. The van der Waals surface area contributed by atoms with Crippen LogP contribution in [-0.4, -0.2) is 65.9 Å². The molecule has 150 valence electrons. The van der Waals surface area contributed by atoms with E-state index >= 15 is 0 Å². The maximum absolute atomic E-state index is 12.9. The summed E-state index contributed by atoms with van der Waals surface area (Å²) in [5.74, 6) is 0. The normalized spacial score (nSPS) is 16.5. The molecule has 0 atom stereocenters. The number of hydrogen-bond donors (Lipinski definition) is 1. The highest BCUT2D eigenvalue weighted by molar-refractivity contribution is 7.80. The molecule has 2 aliphatic heterocycles. The Morgan fingerprint density at radius 3 is 2.93 bits per heavy atom. The SMILES string of the molecule is CN(Cc1cc2cccc3c2n(c1=O)CC3)C(=S)NCCCN1CCOCC1. The summed E-state index contributed by atoms with van der Waals surface area (Å²) in [6, 6.07) is 8.31. The molecular weight excluding hydrogens is 372 g/mol. The van der Waals surface area contributed by atoms with Gasteiger partial charge in [0.25, 0.3) is 5.56 Å². The molecule has 1 saturated heterocycles. The lowest BCUT2D eigenvalue weighted by molar-refractivity contribution is 0.0376. The van der Waals surface area contributed by atoms with Crippen molar-refractivity contribution in [2.24, 2.45) is 0 Å². The van der Waals surface area contributed by atoms with Crippen molar-refractivity contribution in [3.8, 4) is 0 Å². The zero-order valence-corrected chi connectivity index (χ0v) is 17.3. The van der Waals surface area contributed by atoms with Crippen molar-refractivity contribution in [3.05, 3.63) is 45.7 Å². The van der Waals surface area contributed by atoms with Crippen LogP contribution in [0.15, 0.2) is 29.1 Å². The number of rotatable bonds is 6. The molecule has 0 spiro atoms. The van der Waals surface area contributed by atoms with Crippen LogP contribution >= 0.6 is 12.2 Å². The molecule has 28 heavy (non-hydrogen) atoms. The second-order valence-electron chi connectivity index (χ2n) is 7.63. The molecule has 1 fully saturated rings. The van der Waals surface area contributed by atoms with Gasteiger partial charge in [0.2, 0.25) is 0 Å². The Balaban J connectivity index is 1.33. The molecule has 0 radical (unpaired) electrons. The van der Waals surface area contributed by atoms with E-state index in [1.165, 1.54) is 5.56 Å². The Labute approximate surface area is 171 Å². The first-order valence-electron chi connectivity index (χ1n) is 10.1. The quantitative estimate of drug-likeness (QED) is 0.587. The van der Waals surface area contributed by atoms with Crippen LogP contribution < -0.4 is 10.9 Å². The lowest BCUT2D eigenvalue weighted by atomic mass is 10.1. The Bertz CT molecular complexity index is 920. The molecular formula is C21H28N4O2S. The second kappa shape index (κ2) is 8.59. The van der Waals surface area contributed by atoms with Crippen LogP contribution in [0, 0.1) is 0 Å². The van der Waals surface area contributed by atoms with Gasteiger partial charge < -0.3 is 19.5 Å². The number of benzene rings is 1. The van der Waals surface area contributed by atoms with Crippen LogP contribution in [0.3, 0.4) is 0 Å². The fourth-order valence-electron chi connectivity index (χ4n) is 4.13. The van der Waals surface area contributed by atoms with Gasteiger partial charge in [0.1, 0.15) is 0 Å². The van der Waals surface area contributed by atoms with Crippen LogP contribution in [0.5, 0.6) is 0 Å². The summed E-state index contributed by atoms with van der Waals surface area (Å²) >= 11 is 5.53. The Kier molecular flexibility index (Phi) is 5.94. The standard InChI is InChI=1S/C21H28N4O2S/c1-23(21(28)22-7-3-8-24-10-12-27-13-11-24)15-18-14-17-5-2-4-16-6-9-25(19(16)17)20(18)26/h2,4-5,14H,3,6-13,15H2,1H3,(H,22,28). The molecule has 0 saturated carbocycles. The van der Waals surface area contributed by atoms with Crippen LogP contribution in [0.4, 0.5) is 0 Å². The first kappa shape index (κ1) is 19.4. The molecule has 0 unspecified atom stereocenters. The third kappa shape index (κ3) is 4.06. The summed E-state index contributed by atoms with van der Waals surface area (Å²) in [7, 11) is 1.95. The average molecular weight is 401 g/mol. The number of morpholine rings is 1. The number of ether oxygens (including phenoxy) is 1. The van der Waals surface area contributed by atoms with E-state index in [1.54, 1.807) is 0 Å². The minimum atomic E-state index is 0.111. The van der Waals surface area contributed by atoms with Crippen molar-refractivity contribution >= 4 is 28.2 Å². The average Bonchev–Trinajstić information content (AvgIpc) is 3.15. The maximum Gasteiger partial charge on any atom is 0.256 e. The highest BCUT2D eigenvalue weighted by Gasteiger charge is 2.18. The van der Waals surface area contributed by atoms with Crippen LogP contribution in [0.2, 0.25) is 0 Å². The third-order valence-corrected chi connectivity index (χ3v) is 6.12. The van der Waals surface area contributed by atoms with E-state index in [1.807, 2.05) is 22.6 Å². The van der Waals surface area contributed by atoms with Crippen LogP contribution in [-0.2, 0) is 24.2 Å². The number of aryl methyl sites for hydroxylation is 2. The van der Waals surface area contributed by atoms with Gasteiger partial charge in [0, 0.05) is 38.8 Å². The second-order valence-corrected chi connectivity index (χ2v) is 8.01. The zero-order valence-electron chi connectivity index (χ0n) is 16.4. The first-order valence-corrected chi connectivity index (χ1v) is 10.5. The minimum Gasteiger partial charge on any atom is -0.379 e. The monoisotopic (exact) mass is 400 g/mol. The van der Waals surface area contributed by atoms with Crippen molar-refractivity contribution in [3.63, 3.8) is 0 Å². The molecule has 4 rings (SSSR count). The molecule has 6 nitrogen and oxygen atoms in total. The molecule has 2 aliphatic rings. The van der Waals surface area contributed by atoms with E-state index in [4.69, 9.17) is 17.0 Å². The van der Waals surface area contributed by atoms with E-state index in [-0.39, 0.29) is 5.56 Å². The van der Waals surface area contributed by atoms with Gasteiger partial charge in [-0.3, -0.25) is 9.69 Å². The largest absolute Gasteiger partial charge is 0.379 e. The van der Waals surface area contributed by atoms with Crippen LogP contribution in [0.25, 0.3) is 10.9 Å². The fraction of sp³-hybridized carbons (Fsp3) is 0.524. The number of para-hydroxylation sites is 1. The molecule has 0 bridgehead atoms. The lowest BCUT2D eigenvalue weighted by Gasteiger charge is -2.27. The van der Waals surface area contributed by atoms with Gasteiger partial charge in [-0.1, -0.05) is 18.2 Å². The Hall–Kier alpha value is -1.96. The number of aromatic nitrogens is 1. The van der Waals surface area contributed by atoms with E-state index in [0.29, 0.717) is 11.7 Å². The van der Waals surface area contributed by atoms with Gasteiger partial charge in [-0.2, -0.15) is 0 Å². The minimum absolute atomic E-state index is 0.111. The number of nitrogens with zero attached hydrogens (tertiary/aromatic N) is 3.